The number of aryl methyl sites for hydroxylation is 1. The van der Waals surface area contributed by atoms with Crippen molar-refractivity contribution in [2.45, 2.75) is 45.6 Å². The van der Waals surface area contributed by atoms with E-state index < -0.39 is 0 Å². The number of hydrogen-bond acceptors (Lipinski definition) is 2. The van der Waals surface area contributed by atoms with E-state index in [1.807, 2.05) is 12.1 Å². The average Bonchev–Trinajstić information content (AvgIpc) is 2.44. The molecule has 0 heterocycles. The lowest BCUT2D eigenvalue weighted by Gasteiger charge is -2.35. The Bertz CT molecular complexity index is 413. The molecule has 106 valence electrons. The monoisotopic (exact) mass is 265 g/mol. The van der Waals surface area contributed by atoms with Crippen LogP contribution < -0.4 is 5.32 Å². The molecule has 2 rings (SSSR count). The second-order valence-electron chi connectivity index (χ2n) is 5.91. The van der Waals surface area contributed by atoms with Gasteiger partial charge in [0.1, 0.15) is 5.82 Å². The third-order valence-corrected chi connectivity index (χ3v) is 4.30. The maximum Gasteiger partial charge on any atom is 0.126 e. The fraction of sp³-hybridized carbons (Fsp3) is 0.625. The van der Waals surface area contributed by atoms with Crippen LogP contribution in [0.5, 0.6) is 0 Å². The first-order valence-corrected chi connectivity index (χ1v) is 7.22. The van der Waals surface area contributed by atoms with Gasteiger partial charge < -0.3 is 10.4 Å². The molecule has 2 N–H and O–H groups in total. The Labute approximate surface area is 115 Å². The third kappa shape index (κ3) is 3.77. The molecule has 1 saturated carbocycles. The van der Waals surface area contributed by atoms with Crippen molar-refractivity contribution in [3.05, 3.63) is 35.1 Å². The highest BCUT2D eigenvalue weighted by Crippen LogP contribution is 2.35. The number of benzene rings is 1. The maximum atomic E-state index is 13.2. The minimum absolute atomic E-state index is 0.0628. The van der Waals surface area contributed by atoms with Gasteiger partial charge in [-0.2, -0.15) is 0 Å². The van der Waals surface area contributed by atoms with Crippen LogP contribution in [0.2, 0.25) is 0 Å². The standard InChI is InChI=1S/C16H24FNO/c1-13-9-14(5-6-15(13)17)10-18-11-16(12-19)7-3-2-4-8-16/h5-6,9,18-19H,2-4,7-8,10-12H2,1H3. The fourth-order valence-electron chi connectivity index (χ4n) is 2.98. The zero-order chi connectivity index (χ0) is 13.7. The van der Waals surface area contributed by atoms with Crippen molar-refractivity contribution in [3.8, 4) is 0 Å². The summed E-state index contributed by atoms with van der Waals surface area (Å²) in [5, 5.41) is 13.1. The van der Waals surface area contributed by atoms with Gasteiger partial charge in [0.2, 0.25) is 0 Å². The molecule has 0 atom stereocenters. The molecular formula is C16H24FNO. The lowest BCUT2D eigenvalue weighted by atomic mass is 9.74. The van der Waals surface area contributed by atoms with Crippen LogP contribution in [0.25, 0.3) is 0 Å². The van der Waals surface area contributed by atoms with Gasteiger partial charge in [-0.3, -0.25) is 0 Å². The normalized spacial score (nSPS) is 18.5. The van der Waals surface area contributed by atoms with Crippen molar-refractivity contribution in [2.24, 2.45) is 5.41 Å². The third-order valence-electron chi connectivity index (χ3n) is 4.30. The first-order chi connectivity index (χ1) is 9.15. The molecule has 0 radical (unpaired) electrons. The summed E-state index contributed by atoms with van der Waals surface area (Å²) < 4.78 is 13.2. The summed E-state index contributed by atoms with van der Waals surface area (Å²) in [6, 6.07) is 5.23. The molecule has 1 aromatic carbocycles. The minimum atomic E-state index is -0.150. The summed E-state index contributed by atoms with van der Waals surface area (Å²) in [6.07, 6.45) is 5.95. The van der Waals surface area contributed by atoms with Crippen LogP contribution in [-0.4, -0.2) is 18.3 Å². The minimum Gasteiger partial charge on any atom is -0.396 e. The van der Waals surface area contributed by atoms with Gasteiger partial charge in [0, 0.05) is 25.1 Å². The molecule has 0 bridgehead atoms. The van der Waals surface area contributed by atoms with Crippen LogP contribution >= 0.6 is 0 Å². The molecule has 2 nitrogen and oxygen atoms in total. The molecule has 1 aliphatic rings. The topological polar surface area (TPSA) is 32.3 Å². The van der Waals surface area contributed by atoms with Crippen molar-refractivity contribution in [1.29, 1.82) is 0 Å². The van der Waals surface area contributed by atoms with E-state index in [2.05, 4.69) is 5.32 Å². The second kappa shape index (κ2) is 6.49. The largest absolute Gasteiger partial charge is 0.396 e. The maximum absolute atomic E-state index is 13.2. The lowest BCUT2D eigenvalue weighted by Crippen LogP contribution is -2.38. The van der Waals surface area contributed by atoms with Crippen LogP contribution in [-0.2, 0) is 6.54 Å². The predicted octanol–water partition coefficient (Wildman–Crippen LogP) is 3.17. The Morgan fingerprint density at radius 2 is 2.00 bits per heavy atom. The van der Waals surface area contributed by atoms with Crippen LogP contribution in [0, 0.1) is 18.2 Å². The first kappa shape index (κ1) is 14.5. The van der Waals surface area contributed by atoms with Crippen LogP contribution in [0.3, 0.4) is 0 Å². The van der Waals surface area contributed by atoms with E-state index in [0.29, 0.717) is 5.56 Å². The van der Waals surface area contributed by atoms with E-state index >= 15 is 0 Å². The summed E-state index contributed by atoms with van der Waals surface area (Å²) in [7, 11) is 0. The highest BCUT2D eigenvalue weighted by atomic mass is 19.1. The number of aliphatic hydroxyl groups excluding tert-OH is 1. The highest BCUT2D eigenvalue weighted by Gasteiger charge is 2.30. The molecule has 0 amide bonds. The highest BCUT2D eigenvalue weighted by molar-refractivity contribution is 5.23. The quantitative estimate of drug-likeness (QED) is 0.857. The van der Waals surface area contributed by atoms with Crippen LogP contribution in [0.1, 0.15) is 43.2 Å². The van der Waals surface area contributed by atoms with Crippen molar-refractivity contribution in [2.75, 3.05) is 13.2 Å². The van der Waals surface area contributed by atoms with E-state index in [0.717, 1.165) is 31.5 Å². The second-order valence-corrected chi connectivity index (χ2v) is 5.91. The van der Waals surface area contributed by atoms with Gasteiger partial charge in [-0.15, -0.1) is 0 Å². The van der Waals surface area contributed by atoms with Crippen molar-refractivity contribution < 1.29 is 9.50 Å². The van der Waals surface area contributed by atoms with Crippen LogP contribution in [0.15, 0.2) is 18.2 Å². The Morgan fingerprint density at radius 1 is 1.26 bits per heavy atom. The zero-order valence-corrected chi connectivity index (χ0v) is 11.7. The number of aliphatic hydroxyl groups is 1. The molecule has 1 aliphatic carbocycles. The average molecular weight is 265 g/mol. The molecule has 0 aromatic heterocycles. The predicted molar refractivity (Wildman–Crippen MR) is 75.4 cm³/mol. The Balaban J connectivity index is 1.86. The summed E-state index contributed by atoms with van der Waals surface area (Å²) in [6.45, 7) is 3.64. The molecule has 1 aromatic rings. The number of rotatable bonds is 5. The van der Waals surface area contributed by atoms with Crippen LogP contribution in [0.4, 0.5) is 4.39 Å². The molecule has 19 heavy (non-hydrogen) atoms. The van der Waals surface area contributed by atoms with E-state index in [1.165, 1.54) is 25.3 Å². The first-order valence-electron chi connectivity index (χ1n) is 7.22. The molecule has 0 aliphatic heterocycles. The summed E-state index contributed by atoms with van der Waals surface area (Å²) in [4.78, 5) is 0. The molecule has 0 saturated heterocycles. The van der Waals surface area contributed by atoms with Gasteiger partial charge in [0.25, 0.3) is 0 Å². The Morgan fingerprint density at radius 3 is 2.63 bits per heavy atom. The van der Waals surface area contributed by atoms with Gasteiger partial charge in [0.15, 0.2) is 0 Å². The van der Waals surface area contributed by atoms with Crippen molar-refractivity contribution >= 4 is 0 Å². The summed E-state index contributed by atoms with van der Waals surface area (Å²) in [5.74, 6) is -0.150. The summed E-state index contributed by atoms with van der Waals surface area (Å²) in [5.41, 5.74) is 1.85. The van der Waals surface area contributed by atoms with Crippen molar-refractivity contribution in [1.82, 2.24) is 5.32 Å². The van der Waals surface area contributed by atoms with E-state index in [-0.39, 0.29) is 17.8 Å². The number of halogens is 1. The molecule has 0 unspecified atom stereocenters. The summed E-state index contributed by atoms with van der Waals surface area (Å²) >= 11 is 0. The van der Waals surface area contributed by atoms with E-state index in [1.54, 1.807) is 6.92 Å². The van der Waals surface area contributed by atoms with E-state index in [4.69, 9.17) is 0 Å². The SMILES string of the molecule is Cc1cc(CNCC2(CO)CCCCC2)ccc1F. The molecular weight excluding hydrogens is 241 g/mol. The van der Waals surface area contributed by atoms with E-state index in [9.17, 15) is 9.50 Å². The van der Waals surface area contributed by atoms with Gasteiger partial charge in [0.05, 0.1) is 0 Å². The Hall–Kier alpha value is -0.930. The van der Waals surface area contributed by atoms with Gasteiger partial charge in [-0.25, -0.2) is 4.39 Å². The molecule has 1 fully saturated rings. The number of hydrogen-bond donors (Lipinski definition) is 2. The van der Waals surface area contributed by atoms with Gasteiger partial charge in [-0.1, -0.05) is 31.4 Å². The van der Waals surface area contributed by atoms with Crippen molar-refractivity contribution in [3.63, 3.8) is 0 Å². The fourth-order valence-corrected chi connectivity index (χ4v) is 2.98. The lowest BCUT2D eigenvalue weighted by molar-refractivity contribution is 0.0810. The Kier molecular flexibility index (Phi) is 4.94. The zero-order valence-electron chi connectivity index (χ0n) is 11.7. The molecule has 3 heteroatoms. The van der Waals surface area contributed by atoms with Gasteiger partial charge >= 0.3 is 0 Å². The smallest absolute Gasteiger partial charge is 0.126 e. The molecule has 0 spiro atoms. The van der Waals surface area contributed by atoms with Gasteiger partial charge in [-0.05, 0) is 37.0 Å². The number of nitrogens with one attached hydrogen (secondary N) is 1.